The van der Waals surface area contributed by atoms with E-state index < -0.39 is 11.9 Å². The van der Waals surface area contributed by atoms with Gasteiger partial charge in [0.1, 0.15) is 6.04 Å². The molecule has 3 aromatic heterocycles. The number of primary amides is 1. The van der Waals surface area contributed by atoms with Crippen LogP contribution in [0.4, 0.5) is 0 Å². The summed E-state index contributed by atoms with van der Waals surface area (Å²) in [4.78, 5) is 22.9. The Morgan fingerprint density at radius 2 is 1.97 bits per heavy atom. The number of rotatable bonds is 3. The van der Waals surface area contributed by atoms with Crippen LogP contribution in [0, 0.1) is 25.7 Å². The van der Waals surface area contributed by atoms with Gasteiger partial charge >= 0.3 is 0 Å². The number of carbonyl (C=O) groups is 1. The van der Waals surface area contributed by atoms with Crippen LogP contribution in [0.25, 0.3) is 10.4 Å². The van der Waals surface area contributed by atoms with Gasteiger partial charge in [0.2, 0.25) is 5.91 Å². The standard InChI is InChI=1S/C26H19ClN4O2S/c1-14-20(10-5-16-4-3-11-29-13-16)34-26-22(14)24(17-6-8-18(27)9-7-17)30-19(12-21(28)32)25-23(26)15(2)31-33-25/h3-4,6-9,11,13,19H,12H2,1-2H3,(H2,28,32)/t19-/m0/s1. The number of halogens is 1. The Morgan fingerprint density at radius 1 is 1.18 bits per heavy atom. The van der Waals surface area contributed by atoms with Crippen LogP contribution in [0.15, 0.2) is 58.3 Å². The smallest absolute Gasteiger partial charge is 0.220 e. The van der Waals surface area contributed by atoms with Gasteiger partial charge in [-0.25, -0.2) is 0 Å². The van der Waals surface area contributed by atoms with E-state index in [1.165, 1.54) is 0 Å². The van der Waals surface area contributed by atoms with Crippen molar-refractivity contribution in [2.24, 2.45) is 10.7 Å². The fourth-order valence-electron chi connectivity index (χ4n) is 3.98. The Balaban J connectivity index is 1.76. The molecule has 2 N–H and O–H groups in total. The molecular weight excluding hydrogens is 468 g/mol. The fourth-order valence-corrected chi connectivity index (χ4v) is 5.37. The summed E-state index contributed by atoms with van der Waals surface area (Å²) in [7, 11) is 0. The highest BCUT2D eigenvalue weighted by atomic mass is 35.5. The third-order valence-electron chi connectivity index (χ3n) is 5.58. The molecule has 34 heavy (non-hydrogen) atoms. The molecule has 1 aliphatic heterocycles. The van der Waals surface area contributed by atoms with E-state index >= 15 is 0 Å². The largest absolute Gasteiger partial charge is 0.370 e. The van der Waals surface area contributed by atoms with E-state index in [2.05, 4.69) is 22.0 Å². The molecule has 8 heteroatoms. The summed E-state index contributed by atoms with van der Waals surface area (Å²) in [6.07, 6.45) is 3.47. The summed E-state index contributed by atoms with van der Waals surface area (Å²) in [6, 6.07) is 10.7. The van der Waals surface area contributed by atoms with Crippen LogP contribution >= 0.6 is 22.9 Å². The minimum Gasteiger partial charge on any atom is -0.370 e. The molecule has 4 heterocycles. The first kappa shape index (κ1) is 22.1. The SMILES string of the molecule is Cc1noc2c1-c1sc(C#Cc3cccnc3)c(C)c1C(c1ccc(Cl)cc1)=N[C@H]2CC(N)=O. The Labute approximate surface area is 205 Å². The molecule has 1 aliphatic rings. The molecule has 0 saturated heterocycles. The lowest BCUT2D eigenvalue weighted by molar-refractivity contribution is -0.118. The predicted octanol–water partition coefficient (Wildman–Crippen LogP) is 5.24. The van der Waals surface area contributed by atoms with Crippen LogP contribution in [0.5, 0.6) is 0 Å². The minimum atomic E-state index is -0.580. The number of fused-ring (bicyclic) bond motifs is 3. The van der Waals surface area contributed by atoms with Crippen LogP contribution in [0.3, 0.4) is 0 Å². The number of aryl methyl sites for hydroxylation is 1. The Kier molecular flexibility index (Phi) is 5.78. The van der Waals surface area contributed by atoms with Gasteiger partial charge in [0.15, 0.2) is 5.76 Å². The van der Waals surface area contributed by atoms with Crippen molar-refractivity contribution < 1.29 is 9.32 Å². The molecule has 1 amide bonds. The maximum Gasteiger partial charge on any atom is 0.220 e. The number of carbonyl (C=O) groups excluding carboxylic acids is 1. The highest BCUT2D eigenvalue weighted by Gasteiger charge is 2.34. The lowest BCUT2D eigenvalue weighted by Crippen LogP contribution is -2.15. The highest BCUT2D eigenvalue weighted by Crippen LogP contribution is 2.46. The van der Waals surface area contributed by atoms with Crippen molar-refractivity contribution in [3.63, 3.8) is 0 Å². The van der Waals surface area contributed by atoms with Gasteiger partial charge < -0.3 is 10.3 Å². The van der Waals surface area contributed by atoms with Crippen LogP contribution < -0.4 is 5.73 Å². The Morgan fingerprint density at radius 3 is 2.68 bits per heavy atom. The molecule has 0 fully saturated rings. The third kappa shape index (κ3) is 4.03. The van der Waals surface area contributed by atoms with Gasteiger partial charge in [-0.1, -0.05) is 40.7 Å². The Bertz CT molecular complexity index is 1490. The number of hydrogen-bond acceptors (Lipinski definition) is 6. The number of nitrogens with zero attached hydrogens (tertiary/aromatic N) is 3. The van der Waals surface area contributed by atoms with Crippen molar-refractivity contribution in [3.8, 4) is 22.3 Å². The number of pyridine rings is 1. The van der Waals surface area contributed by atoms with Gasteiger partial charge in [-0.15, -0.1) is 11.3 Å². The first-order valence-corrected chi connectivity index (χ1v) is 11.8. The molecule has 0 unspecified atom stereocenters. The topological polar surface area (TPSA) is 94.4 Å². The van der Waals surface area contributed by atoms with Crippen molar-refractivity contribution in [1.29, 1.82) is 0 Å². The average molecular weight is 487 g/mol. The summed E-state index contributed by atoms with van der Waals surface area (Å²) in [5.74, 6) is 6.57. The van der Waals surface area contributed by atoms with E-state index in [1.807, 2.05) is 50.2 Å². The second kappa shape index (κ2) is 8.90. The molecule has 168 valence electrons. The van der Waals surface area contributed by atoms with E-state index in [-0.39, 0.29) is 6.42 Å². The third-order valence-corrected chi connectivity index (χ3v) is 7.06. The molecule has 0 saturated carbocycles. The number of aromatic nitrogens is 2. The molecular formula is C26H19ClN4O2S. The zero-order valence-corrected chi connectivity index (χ0v) is 20.0. The Hall–Kier alpha value is -3.73. The van der Waals surface area contributed by atoms with Crippen LogP contribution in [0.1, 0.15) is 51.0 Å². The van der Waals surface area contributed by atoms with E-state index in [0.717, 1.165) is 49.0 Å². The van der Waals surface area contributed by atoms with Gasteiger partial charge in [0.05, 0.1) is 33.1 Å². The second-order valence-electron chi connectivity index (χ2n) is 7.93. The maximum atomic E-state index is 11.9. The normalized spacial score (nSPS) is 14.3. The number of thiophene rings is 1. The zero-order valence-electron chi connectivity index (χ0n) is 18.4. The molecule has 0 radical (unpaired) electrons. The molecule has 0 spiro atoms. The average Bonchev–Trinajstić information content (AvgIpc) is 3.31. The molecule has 6 nitrogen and oxygen atoms in total. The summed E-state index contributed by atoms with van der Waals surface area (Å²) in [6.45, 7) is 3.92. The highest BCUT2D eigenvalue weighted by molar-refractivity contribution is 7.16. The first-order chi connectivity index (χ1) is 16.4. The second-order valence-corrected chi connectivity index (χ2v) is 9.39. The van der Waals surface area contributed by atoms with Crippen LogP contribution in [-0.2, 0) is 4.79 Å². The van der Waals surface area contributed by atoms with Crippen molar-refractivity contribution in [3.05, 3.63) is 92.4 Å². The van der Waals surface area contributed by atoms with Gasteiger partial charge in [-0.2, -0.15) is 0 Å². The summed E-state index contributed by atoms with van der Waals surface area (Å²) < 4.78 is 5.70. The fraction of sp³-hybridized carbons (Fsp3) is 0.154. The monoisotopic (exact) mass is 486 g/mol. The lowest BCUT2D eigenvalue weighted by atomic mass is 9.96. The molecule has 0 bridgehead atoms. The maximum absolute atomic E-state index is 11.9. The predicted molar refractivity (Wildman–Crippen MR) is 133 cm³/mol. The lowest BCUT2D eigenvalue weighted by Gasteiger charge is -2.11. The van der Waals surface area contributed by atoms with E-state index in [0.29, 0.717) is 10.8 Å². The van der Waals surface area contributed by atoms with Crippen LogP contribution in [0.2, 0.25) is 5.02 Å². The van der Waals surface area contributed by atoms with Gasteiger partial charge in [0.25, 0.3) is 0 Å². The van der Waals surface area contributed by atoms with Gasteiger partial charge in [-0.3, -0.25) is 14.8 Å². The zero-order chi connectivity index (χ0) is 23.8. The van der Waals surface area contributed by atoms with Gasteiger partial charge in [-0.05, 0) is 43.7 Å². The summed E-state index contributed by atoms with van der Waals surface area (Å²) in [5, 5.41) is 4.82. The molecule has 1 atom stereocenters. The number of amides is 1. The summed E-state index contributed by atoms with van der Waals surface area (Å²) in [5.41, 5.74) is 11.5. The van der Waals surface area contributed by atoms with Crippen molar-refractivity contribution in [2.45, 2.75) is 26.3 Å². The quantitative estimate of drug-likeness (QED) is 0.401. The molecule has 5 rings (SSSR count). The minimum absolute atomic E-state index is 0.0143. The van der Waals surface area contributed by atoms with Gasteiger partial charge in [0, 0.05) is 34.1 Å². The molecule has 1 aromatic carbocycles. The number of nitrogens with two attached hydrogens (primary N) is 1. The number of benzene rings is 1. The van der Waals surface area contributed by atoms with E-state index in [4.69, 9.17) is 26.9 Å². The van der Waals surface area contributed by atoms with E-state index in [1.54, 1.807) is 23.7 Å². The molecule has 4 aromatic rings. The molecule has 0 aliphatic carbocycles. The van der Waals surface area contributed by atoms with Crippen LogP contribution in [-0.4, -0.2) is 21.8 Å². The van der Waals surface area contributed by atoms with Crippen molar-refractivity contribution >= 4 is 34.6 Å². The summed E-state index contributed by atoms with van der Waals surface area (Å²) >= 11 is 7.71. The number of aliphatic imine (C=N–C) groups is 1. The van der Waals surface area contributed by atoms with Crippen molar-refractivity contribution in [2.75, 3.05) is 0 Å². The first-order valence-electron chi connectivity index (χ1n) is 10.6. The number of hydrogen-bond donors (Lipinski definition) is 1. The van der Waals surface area contributed by atoms with E-state index in [9.17, 15) is 4.79 Å². The van der Waals surface area contributed by atoms with Crippen molar-refractivity contribution in [1.82, 2.24) is 10.1 Å².